The summed E-state index contributed by atoms with van der Waals surface area (Å²) in [7, 11) is 0. The molecule has 24 heavy (non-hydrogen) atoms. The maximum absolute atomic E-state index is 11.5. The Morgan fingerprint density at radius 3 is 1.88 bits per heavy atom. The summed E-state index contributed by atoms with van der Waals surface area (Å²) in [4.78, 5) is 22.5. The lowest BCUT2D eigenvalue weighted by atomic mass is 10.1. The second-order valence-electron chi connectivity index (χ2n) is 6.22. The molecule has 0 aliphatic carbocycles. The van der Waals surface area contributed by atoms with Gasteiger partial charge >= 0.3 is 11.9 Å². The Balaban J connectivity index is 3.44. The molecule has 2 unspecified atom stereocenters. The van der Waals surface area contributed by atoms with Crippen LogP contribution in [0, 0.1) is 0 Å². The van der Waals surface area contributed by atoms with Crippen molar-refractivity contribution >= 4 is 11.9 Å². The van der Waals surface area contributed by atoms with Crippen LogP contribution in [0.3, 0.4) is 0 Å². The van der Waals surface area contributed by atoms with Crippen LogP contribution in [0.1, 0.15) is 78.1 Å². The Morgan fingerprint density at radius 2 is 1.33 bits per heavy atom. The molecule has 0 saturated heterocycles. The second kappa shape index (κ2) is 15.4. The molecule has 0 aromatic carbocycles. The Hall–Kier alpha value is -1.14. The minimum absolute atomic E-state index is 0.205. The first kappa shape index (κ1) is 22.9. The van der Waals surface area contributed by atoms with Crippen LogP contribution in [0.4, 0.5) is 0 Å². The Bertz CT molecular complexity index is 329. The number of hydrogen-bond donors (Lipinski definition) is 2. The van der Waals surface area contributed by atoms with Gasteiger partial charge in [0.15, 0.2) is 0 Å². The van der Waals surface area contributed by atoms with Crippen LogP contribution in [0.25, 0.3) is 0 Å². The normalized spacial score (nSPS) is 13.3. The fourth-order valence-electron chi connectivity index (χ4n) is 2.19. The summed E-state index contributed by atoms with van der Waals surface area (Å²) in [6.45, 7) is 2.98. The topological polar surface area (TPSA) is 93.1 Å². The highest BCUT2D eigenvalue weighted by Gasteiger charge is 2.14. The number of ether oxygens (including phenoxy) is 2. The highest BCUT2D eigenvalue weighted by Crippen LogP contribution is 2.10. The fraction of sp³-hybridized carbons (Fsp3) is 0.889. The fourth-order valence-corrected chi connectivity index (χ4v) is 2.19. The summed E-state index contributed by atoms with van der Waals surface area (Å²) < 4.78 is 9.55. The largest absolute Gasteiger partial charge is 0.463 e. The third-order valence-electron chi connectivity index (χ3n) is 3.68. The molecule has 0 aliphatic rings. The first-order chi connectivity index (χ1) is 11.5. The number of carbonyl (C=O) groups is 2. The van der Waals surface area contributed by atoms with Gasteiger partial charge in [-0.2, -0.15) is 0 Å². The molecule has 0 bridgehead atoms. The van der Waals surface area contributed by atoms with E-state index in [1.54, 1.807) is 0 Å². The first-order valence-electron chi connectivity index (χ1n) is 9.15. The van der Waals surface area contributed by atoms with Crippen molar-refractivity contribution in [3.05, 3.63) is 0 Å². The van der Waals surface area contributed by atoms with Crippen molar-refractivity contribution in [3.8, 4) is 0 Å². The average molecular weight is 346 g/mol. The van der Waals surface area contributed by atoms with Gasteiger partial charge in [0.1, 0.15) is 25.4 Å². The second-order valence-corrected chi connectivity index (χ2v) is 6.22. The van der Waals surface area contributed by atoms with Gasteiger partial charge in [-0.05, 0) is 13.3 Å². The van der Waals surface area contributed by atoms with E-state index < -0.39 is 18.2 Å². The van der Waals surface area contributed by atoms with Crippen LogP contribution in [0.5, 0.6) is 0 Å². The van der Waals surface area contributed by atoms with Gasteiger partial charge in [-0.1, -0.05) is 58.3 Å². The lowest BCUT2D eigenvalue weighted by molar-refractivity contribution is -0.158. The third-order valence-corrected chi connectivity index (χ3v) is 3.68. The standard InChI is InChI=1S/C18H34O6/c1-3-4-5-6-7-8-9-10-11-12-17(21)23-13-16(20)14-24-18(22)15(2)19/h15-16,19-20H,3-14H2,1-2H3. The number of aliphatic hydroxyl groups excluding tert-OH is 2. The van der Waals surface area contributed by atoms with Crippen LogP contribution in [0.2, 0.25) is 0 Å². The summed E-state index contributed by atoms with van der Waals surface area (Å²) in [5.41, 5.74) is 0. The van der Waals surface area contributed by atoms with E-state index in [2.05, 4.69) is 11.7 Å². The maximum atomic E-state index is 11.5. The molecule has 0 fully saturated rings. The SMILES string of the molecule is CCCCCCCCCCCC(=O)OCC(O)COC(=O)C(C)O. The predicted molar refractivity (Wildman–Crippen MR) is 91.4 cm³/mol. The molecule has 6 nitrogen and oxygen atoms in total. The Kier molecular flexibility index (Phi) is 14.7. The Morgan fingerprint density at radius 1 is 0.833 bits per heavy atom. The zero-order valence-electron chi connectivity index (χ0n) is 15.2. The smallest absolute Gasteiger partial charge is 0.334 e. The molecule has 6 heteroatoms. The number of unbranched alkanes of at least 4 members (excludes halogenated alkanes) is 8. The van der Waals surface area contributed by atoms with E-state index in [9.17, 15) is 14.7 Å². The highest BCUT2D eigenvalue weighted by molar-refractivity contribution is 5.73. The van der Waals surface area contributed by atoms with Crippen LogP contribution < -0.4 is 0 Å². The van der Waals surface area contributed by atoms with Gasteiger partial charge in [0.2, 0.25) is 0 Å². The van der Waals surface area contributed by atoms with E-state index in [1.165, 1.54) is 45.4 Å². The van der Waals surface area contributed by atoms with Crippen molar-refractivity contribution in [1.82, 2.24) is 0 Å². The van der Waals surface area contributed by atoms with Crippen molar-refractivity contribution in [2.24, 2.45) is 0 Å². The summed E-state index contributed by atoms with van der Waals surface area (Å²) in [5.74, 6) is -1.16. The van der Waals surface area contributed by atoms with E-state index in [0.29, 0.717) is 6.42 Å². The molecule has 0 saturated carbocycles. The van der Waals surface area contributed by atoms with Crippen LogP contribution in [-0.2, 0) is 19.1 Å². The van der Waals surface area contributed by atoms with Crippen molar-refractivity contribution in [1.29, 1.82) is 0 Å². The van der Waals surface area contributed by atoms with Gasteiger partial charge in [0.25, 0.3) is 0 Å². The van der Waals surface area contributed by atoms with E-state index in [-0.39, 0.29) is 19.2 Å². The van der Waals surface area contributed by atoms with Gasteiger partial charge in [-0.25, -0.2) is 4.79 Å². The molecule has 0 rings (SSSR count). The molecular weight excluding hydrogens is 312 g/mol. The summed E-state index contributed by atoms with van der Waals surface area (Å²) in [6, 6.07) is 0. The van der Waals surface area contributed by atoms with E-state index in [0.717, 1.165) is 19.3 Å². The average Bonchev–Trinajstić information content (AvgIpc) is 2.56. The molecule has 2 atom stereocenters. The van der Waals surface area contributed by atoms with E-state index >= 15 is 0 Å². The molecule has 0 aromatic heterocycles. The molecule has 142 valence electrons. The third kappa shape index (κ3) is 14.5. The summed E-state index contributed by atoms with van der Waals surface area (Å²) in [6.07, 6.45) is 8.66. The molecule has 0 amide bonds. The molecule has 0 aromatic rings. The zero-order chi connectivity index (χ0) is 18.2. The van der Waals surface area contributed by atoms with Crippen molar-refractivity contribution in [3.63, 3.8) is 0 Å². The molecule has 2 N–H and O–H groups in total. The van der Waals surface area contributed by atoms with Crippen LogP contribution >= 0.6 is 0 Å². The number of hydrogen-bond acceptors (Lipinski definition) is 6. The highest BCUT2D eigenvalue weighted by atomic mass is 16.6. The first-order valence-corrected chi connectivity index (χ1v) is 9.15. The number of carbonyl (C=O) groups excluding carboxylic acids is 2. The van der Waals surface area contributed by atoms with Crippen LogP contribution in [-0.4, -0.2) is 47.6 Å². The van der Waals surface area contributed by atoms with Gasteiger partial charge in [-0.3, -0.25) is 4.79 Å². The van der Waals surface area contributed by atoms with Crippen LogP contribution in [0.15, 0.2) is 0 Å². The van der Waals surface area contributed by atoms with Crippen molar-refractivity contribution in [2.75, 3.05) is 13.2 Å². The summed E-state index contributed by atoms with van der Waals surface area (Å²) in [5, 5.41) is 18.4. The lowest BCUT2D eigenvalue weighted by Gasteiger charge is -2.12. The van der Waals surface area contributed by atoms with Crippen molar-refractivity contribution < 1.29 is 29.3 Å². The zero-order valence-corrected chi connectivity index (χ0v) is 15.2. The minimum atomic E-state index is -1.23. The Labute approximate surface area is 145 Å². The van der Waals surface area contributed by atoms with E-state index in [4.69, 9.17) is 9.84 Å². The summed E-state index contributed by atoms with van der Waals surface area (Å²) >= 11 is 0. The maximum Gasteiger partial charge on any atom is 0.334 e. The van der Waals surface area contributed by atoms with Crippen molar-refractivity contribution in [2.45, 2.75) is 90.3 Å². The molecule has 0 heterocycles. The molecule has 0 radical (unpaired) electrons. The molecule has 0 aliphatic heterocycles. The van der Waals surface area contributed by atoms with Gasteiger partial charge < -0.3 is 19.7 Å². The van der Waals surface area contributed by atoms with Gasteiger partial charge in [0.05, 0.1) is 0 Å². The van der Waals surface area contributed by atoms with Gasteiger partial charge in [-0.15, -0.1) is 0 Å². The predicted octanol–water partition coefficient (Wildman–Crippen LogP) is 2.74. The monoisotopic (exact) mass is 346 g/mol. The molecular formula is C18H34O6. The number of esters is 2. The van der Waals surface area contributed by atoms with E-state index in [1.807, 2.05) is 0 Å². The van der Waals surface area contributed by atoms with Gasteiger partial charge in [0, 0.05) is 6.42 Å². The minimum Gasteiger partial charge on any atom is -0.463 e. The number of aliphatic hydroxyl groups is 2. The molecule has 0 spiro atoms. The number of rotatable bonds is 15. The lowest BCUT2D eigenvalue weighted by Crippen LogP contribution is -2.28. The quantitative estimate of drug-likeness (QED) is 0.350.